The Bertz CT molecular complexity index is 886. The number of alkyl halides is 2. The van der Waals surface area contributed by atoms with Crippen molar-refractivity contribution in [2.45, 2.75) is 84.7 Å². The third kappa shape index (κ3) is 10.8. The summed E-state index contributed by atoms with van der Waals surface area (Å²) < 4.78 is 51.1. The van der Waals surface area contributed by atoms with E-state index < -0.39 is 73.5 Å². The summed E-state index contributed by atoms with van der Waals surface area (Å²) in [5.74, 6) is -7.50. The molecular weight excluding hydrogens is 502 g/mol. The van der Waals surface area contributed by atoms with E-state index in [0.29, 0.717) is 25.7 Å². The van der Waals surface area contributed by atoms with Gasteiger partial charge in [-0.15, -0.1) is 0 Å². The first kappa shape index (κ1) is 33.0. The highest BCUT2D eigenvalue weighted by Crippen LogP contribution is 2.39. The Morgan fingerprint density at radius 2 is 1.24 bits per heavy atom. The average Bonchev–Trinajstić information content (AvgIpc) is 3.14. The van der Waals surface area contributed by atoms with Gasteiger partial charge in [0.1, 0.15) is 31.3 Å². The molecule has 0 saturated heterocycles. The quantitative estimate of drug-likeness (QED) is 0.127. The predicted octanol–water partition coefficient (Wildman–Crippen LogP) is 5.26. The molecule has 10 heteroatoms. The number of hydrogen-bond acceptors (Lipinski definition) is 8. The molecule has 1 saturated carbocycles. The van der Waals surface area contributed by atoms with Crippen LogP contribution in [0.1, 0.15) is 72.6 Å². The Balaban J connectivity index is 3.05. The largest absolute Gasteiger partial charge is 0.461 e. The number of ether oxygens (including phenoxy) is 4. The van der Waals surface area contributed by atoms with Crippen molar-refractivity contribution in [3.8, 4) is 0 Å². The Morgan fingerprint density at radius 1 is 0.789 bits per heavy atom. The maximum Gasteiger partial charge on any atom is 0.333 e. The predicted molar refractivity (Wildman–Crippen MR) is 136 cm³/mol. The second kappa shape index (κ2) is 14.8. The second-order valence-electron chi connectivity index (χ2n) is 10.3. The number of hydrogen-bond donors (Lipinski definition) is 0. The number of carbonyl (C=O) groups is 4. The van der Waals surface area contributed by atoms with Crippen LogP contribution in [-0.2, 0) is 38.1 Å². The van der Waals surface area contributed by atoms with Crippen molar-refractivity contribution in [3.05, 3.63) is 36.5 Å². The highest BCUT2D eigenvalue weighted by molar-refractivity contribution is 5.88. The topological polar surface area (TPSA) is 105 Å². The molecule has 0 N–H and O–H groups in total. The van der Waals surface area contributed by atoms with Crippen molar-refractivity contribution in [1.82, 2.24) is 0 Å². The summed E-state index contributed by atoms with van der Waals surface area (Å²) in [6.07, 6.45) is 1.58. The summed E-state index contributed by atoms with van der Waals surface area (Å²) >= 11 is 0. The first-order valence-electron chi connectivity index (χ1n) is 12.7. The molecule has 0 aliphatic heterocycles. The van der Waals surface area contributed by atoms with Crippen molar-refractivity contribution >= 4 is 23.9 Å². The normalized spacial score (nSPS) is 15.4. The molecule has 0 spiro atoms. The molecule has 0 amide bonds. The molecule has 214 valence electrons. The van der Waals surface area contributed by atoms with E-state index in [-0.39, 0.29) is 16.7 Å². The van der Waals surface area contributed by atoms with Gasteiger partial charge in [0.2, 0.25) is 0 Å². The van der Waals surface area contributed by atoms with Gasteiger partial charge in [-0.1, -0.05) is 45.4 Å². The van der Waals surface area contributed by atoms with Gasteiger partial charge >= 0.3 is 23.9 Å². The molecule has 0 aromatic heterocycles. The molecule has 1 aliphatic carbocycles. The number of esters is 4. The molecule has 0 bridgehead atoms. The van der Waals surface area contributed by atoms with Crippen LogP contribution < -0.4 is 0 Å². The van der Waals surface area contributed by atoms with E-state index in [0.717, 1.165) is 12.8 Å². The third-order valence-electron chi connectivity index (χ3n) is 6.21. The summed E-state index contributed by atoms with van der Waals surface area (Å²) in [6.45, 7) is 14.1. The van der Waals surface area contributed by atoms with Crippen LogP contribution in [0.25, 0.3) is 0 Å². The Kier molecular flexibility index (Phi) is 12.8. The third-order valence-corrected chi connectivity index (χ3v) is 6.21. The van der Waals surface area contributed by atoms with E-state index in [1.807, 2.05) is 0 Å². The molecule has 1 fully saturated rings. The smallest absolute Gasteiger partial charge is 0.333 e. The van der Waals surface area contributed by atoms with E-state index in [2.05, 4.69) is 19.7 Å². The summed E-state index contributed by atoms with van der Waals surface area (Å²) in [7, 11) is 0. The fourth-order valence-electron chi connectivity index (χ4n) is 3.76. The second-order valence-corrected chi connectivity index (χ2v) is 10.3. The Labute approximate surface area is 223 Å². The van der Waals surface area contributed by atoms with Crippen molar-refractivity contribution in [1.29, 1.82) is 0 Å². The monoisotopic (exact) mass is 542 g/mol. The van der Waals surface area contributed by atoms with Crippen LogP contribution in [-0.4, -0.2) is 55.7 Å². The van der Waals surface area contributed by atoms with Gasteiger partial charge in [0.05, 0.1) is 6.42 Å². The van der Waals surface area contributed by atoms with Crippen LogP contribution >= 0.6 is 0 Å². The van der Waals surface area contributed by atoms with Crippen LogP contribution in [0.3, 0.4) is 0 Å². The van der Waals surface area contributed by atoms with Crippen LogP contribution in [0, 0.1) is 11.3 Å². The minimum Gasteiger partial charge on any atom is -0.461 e. The van der Waals surface area contributed by atoms with Gasteiger partial charge < -0.3 is 18.9 Å². The van der Waals surface area contributed by atoms with Gasteiger partial charge in [0.15, 0.2) is 0 Å². The van der Waals surface area contributed by atoms with Crippen molar-refractivity contribution < 1.29 is 46.9 Å². The van der Waals surface area contributed by atoms with Crippen molar-refractivity contribution in [2.24, 2.45) is 11.3 Å². The SMILES string of the molecule is C=C(C)C(=O)OCC(C)(COC(=O)C(=C)C)C(=O)OCC(CC(F)(F)C1CCCCCC1)OC(=O)C(=C)C. The molecule has 38 heavy (non-hydrogen) atoms. The number of rotatable bonds is 14. The molecular formula is C28H40F2O8. The first-order chi connectivity index (χ1) is 17.6. The van der Waals surface area contributed by atoms with Crippen molar-refractivity contribution in [2.75, 3.05) is 19.8 Å². The lowest BCUT2D eigenvalue weighted by molar-refractivity contribution is -0.178. The molecule has 0 aromatic carbocycles. The maximum absolute atomic E-state index is 15.2. The number of halogens is 2. The van der Waals surface area contributed by atoms with E-state index in [9.17, 15) is 19.2 Å². The lowest BCUT2D eigenvalue weighted by Gasteiger charge is -2.31. The van der Waals surface area contributed by atoms with Gasteiger partial charge in [-0.05, 0) is 40.5 Å². The Morgan fingerprint density at radius 3 is 1.66 bits per heavy atom. The lowest BCUT2D eigenvalue weighted by Crippen LogP contribution is -2.43. The van der Waals surface area contributed by atoms with Gasteiger partial charge in [-0.2, -0.15) is 0 Å². The van der Waals surface area contributed by atoms with Crippen LogP contribution in [0.15, 0.2) is 36.5 Å². The molecule has 0 aromatic rings. The molecule has 1 rings (SSSR count). The summed E-state index contributed by atoms with van der Waals surface area (Å²) in [6, 6.07) is 0. The molecule has 8 nitrogen and oxygen atoms in total. The highest BCUT2D eigenvalue weighted by atomic mass is 19.3. The first-order valence-corrected chi connectivity index (χ1v) is 12.7. The molecule has 1 aliphatic rings. The molecule has 1 atom stereocenters. The van der Waals surface area contributed by atoms with Crippen molar-refractivity contribution in [3.63, 3.8) is 0 Å². The van der Waals surface area contributed by atoms with Gasteiger partial charge in [0, 0.05) is 22.6 Å². The zero-order valence-corrected chi connectivity index (χ0v) is 22.9. The van der Waals surface area contributed by atoms with Crippen LogP contribution in [0.5, 0.6) is 0 Å². The van der Waals surface area contributed by atoms with Gasteiger partial charge in [0.25, 0.3) is 5.92 Å². The van der Waals surface area contributed by atoms with Crippen LogP contribution in [0.2, 0.25) is 0 Å². The summed E-state index contributed by atoms with van der Waals surface area (Å²) in [4.78, 5) is 49.0. The fraction of sp³-hybridized carbons (Fsp3) is 0.643. The van der Waals surface area contributed by atoms with E-state index in [4.69, 9.17) is 18.9 Å². The highest BCUT2D eigenvalue weighted by Gasteiger charge is 2.44. The van der Waals surface area contributed by atoms with Gasteiger partial charge in [-0.25, -0.2) is 23.2 Å². The lowest BCUT2D eigenvalue weighted by atomic mass is 9.89. The number of carbonyl (C=O) groups excluding carboxylic acids is 4. The zero-order valence-electron chi connectivity index (χ0n) is 22.9. The van der Waals surface area contributed by atoms with E-state index >= 15 is 8.78 Å². The molecule has 1 unspecified atom stereocenters. The zero-order chi connectivity index (χ0) is 29.1. The van der Waals surface area contributed by atoms with E-state index in [1.54, 1.807) is 0 Å². The Hall–Kier alpha value is -3.04. The average molecular weight is 543 g/mol. The van der Waals surface area contributed by atoms with Gasteiger partial charge in [-0.3, -0.25) is 4.79 Å². The summed E-state index contributed by atoms with van der Waals surface area (Å²) in [5.41, 5.74) is -1.54. The van der Waals surface area contributed by atoms with Crippen LogP contribution in [0.4, 0.5) is 8.78 Å². The minimum absolute atomic E-state index is 0.00219. The standard InChI is InChI=1S/C28H40F2O8/c1-18(2)23(31)36-16-27(7,17-37-24(32)19(3)4)26(34)35-15-22(38-25(33)20(5)6)14-28(29,30)21-12-10-8-9-11-13-21/h21-22H,1,3,5,8-17H2,2,4,6-7H3. The fourth-order valence-corrected chi connectivity index (χ4v) is 3.76. The molecule has 0 heterocycles. The summed E-state index contributed by atoms with van der Waals surface area (Å²) in [5, 5.41) is 0. The van der Waals surface area contributed by atoms with E-state index in [1.165, 1.54) is 27.7 Å². The molecule has 0 radical (unpaired) electrons. The minimum atomic E-state index is -3.16. The maximum atomic E-state index is 15.2.